The smallest absolute Gasteiger partial charge is 0.182 e. The van der Waals surface area contributed by atoms with Crippen molar-refractivity contribution in [2.24, 2.45) is 5.92 Å². The number of ketones is 1. The molecular formula is C12H11NO. The Balaban J connectivity index is 2.03. The van der Waals surface area contributed by atoms with E-state index >= 15 is 0 Å². The van der Waals surface area contributed by atoms with Gasteiger partial charge in [0.15, 0.2) is 5.78 Å². The second-order valence-corrected chi connectivity index (χ2v) is 3.28. The lowest BCUT2D eigenvalue weighted by Crippen LogP contribution is -2.05. The molecule has 0 amide bonds. The van der Waals surface area contributed by atoms with Crippen LogP contribution in [0.25, 0.3) is 0 Å². The van der Waals surface area contributed by atoms with Crippen LogP contribution in [0.1, 0.15) is 16.9 Å². The van der Waals surface area contributed by atoms with Crippen LogP contribution >= 0.6 is 0 Å². The number of hydrogen-bond acceptors (Lipinski definition) is 2. The fourth-order valence-electron chi connectivity index (χ4n) is 1.46. The maximum Gasteiger partial charge on any atom is 0.182 e. The van der Waals surface area contributed by atoms with Crippen LogP contribution in [0.15, 0.2) is 48.7 Å². The lowest BCUT2D eigenvalue weighted by molar-refractivity contribution is 0.0970. The van der Waals surface area contributed by atoms with Gasteiger partial charge in [0.1, 0.15) is 5.69 Å². The van der Waals surface area contributed by atoms with Crippen LogP contribution in [0.4, 0.5) is 0 Å². The average molecular weight is 185 g/mol. The summed E-state index contributed by atoms with van der Waals surface area (Å²) in [6.45, 7) is 0. The molecule has 0 N–H and O–H groups in total. The summed E-state index contributed by atoms with van der Waals surface area (Å²) in [7, 11) is 0. The number of Topliss-reactive ketones (excluding diaryl/α,β-unsaturated/α-hetero) is 1. The molecule has 1 aromatic rings. The molecule has 1 heterocycles. The van der Waals surface area contributed by atoms with E-state index in [-0.39, 0.29) is 11.7 Å². The molecule has 0 radical (unpaired) electrons. The molecule has 0 spiro atoms. The third-order valence-electron chi connectivity index (χ3n) is 2.20. The third-order valence-corrected chi connectivity index (χ3v) is 2.20. The first-order chi connectivity index (χ1) is 6.86. The monoisotopic (exact) mass is 185 g/mol. The van der Waals surface area contributed by atoms with Crippen molar-refractivity contribution in [1.82, 2.24) is 4.98 Å². The highest BCUT2D eigenvalue weighted by Gasteiger charge is 2.12. The van der Waals surface area contributed by atoms with Gasteiger partial charge in [0, 0.05) is 18.5 Å². The second-order valence-electron chi connectivity index (χ2n) is 3.28. The molecule has 14 heavy (non-hydrogen) atoms. The first-order valence-corrected chi connectivity index (χ1v) is 4.65. The van der Waals surface area contributed by atoms with Crippen molar-refractivity contribution >= 4 is 5.78 Å². The van der Waals surface area contributed by atoms with Crippen LogP contribution in [-0.2, 0) is 0 Å². The number of allylic oxidation sites excluding steroid dienone is 4. The van der Waals surface area contributed by atoms with Crippen LogP contribution in [0.3, 0.4) is 0 Å². The van der Waals surface area contributed by atoms with Crippen molar-refractivity contribution in [2.75, 3.05) is 0 Å². The molecule has 0 unspecified atom stereocenters. The highest BCUT2D eigenvalue weighted by molar-refractivity contribution is 5.94. The van der Waals surface area contributed by atoms with Gasteiger partial charge in [-0.1, -0.05) is 30.4 Å². The van der Waals surface area contributed by atoms with E-state index in [9.17, 15) is 4.79 Å². The van der Waals surface area contributed by atoms with Gasteiger partial charge in [0.2, 0.25) is 0 Å². The summed E-state index contributed by atoms with van der Waals surface area (Å²) < 4.78 is 0. The van der Waals surface area contributed by atoms with Gasteiger partial charge >= 0.3 is 0 Å². The zero-order valence-corrected chi connectivity index (χ0v) is 7.76. The summed E-state index contributed by atoms with van der Waals surface area (Å²) >= 11 is 0. The van der Waals surface area contributed by atoms with Gasteiger partial charge in [0.25, 0.3) is 0 Å². The van der Waals surface area contributed by atoms with Crippen molar-refractivity contribution in [3.05, 3.63) is 54.4 Å². The van der Waals surface area contributed by atoms with Crippen molar-refractivity contribution in [2.45, 2.75) is 6.42 Å². The van der Waals surface area contributed by atoms with Gasteiger partial charge in [-0.25, -0.2) is 0 Å². The Bertz CT molecular complexity index is 367. The molecular weight excluding hydrogens is 174 g/mol. The quantitative estimate of drug-likeness (QED) is 0.677. The molecule has 0 bridgehead atoms. The van der Waals surface area contributed by atoms with E-state index in [0.29, 0.717) is 12.1 Å². The van der Waals surface area contributed by atoms with Gasteiger partial charge in [-0.3, -0.25) is 9.78 Å². The van der Waals surface area contributed by atoms with E-state index in [4.69, 9.17) is 0 Å². The topological polar surface area (TPSA) is 30.0 Å². The van der Waals surface area contributed by atoms with Gasteiger partial charge < -0.3 is 0 Å². The summed E-state index contributed by atoms with van der Waals surface area (Å²) in [6.07, 6.45) is 10.2. The molecule has 70 valence electrons. The molecule has 0 saturated carbocycles. The minimum absolute atomic E-state index is 0.104. The molecule has 2 rings (SSSR count). The maximum atomic E-state index is 11.7. The van der Waals surface area contributed by atoms with E-state index in [2.05, 4.69) is 4.98 Å². The Hall–Kier alpha value is -1.70. The molecule has 2 heteroatoms. The van der Waals surface area contributed by atoms with Crippen molar-refractivity contribution in [3.63, 3.8) is 0 Å². The van der Waals surface area contributed by atoms with E-state index in [1.54, 1.807) is 12.3 Å². The maximum absolute atomic E-state index is 11.7. The highest BCUT2D eigenvalue weighted by Crippen LogP contribution is 2.15. The zero-order valence-electron chi connectivity index (χ0n) is 7.76. The minimum atomic E-state index is 0.104. The second kappa shape index (κ2) is 4.01. The third kappa shape index (κ3) is 1.96. The first kappa shape index (κ1) is 8.88. The lowest BCUT2D eigenvalue weighted by atomic mass is 10.0. The number of nitrogens with zero attached hydrogens (tertiary/aromatic N) is 1. The molecule has 0 aromatic carbocycles. The Morgan fingerprint density at radius 3 is 2.71 bits per heavy atom. The summed E-state index contributed by atoms with van der Waals surface area (Å²) in [6, 6.07) is 5.40. The summed E-state index contributed by atoms with van der Waals surface area (Å²) in [4.78, 5) is 15.7. The van der Waals surface area contributed by atoms with Crippen LogP contribution in [-0.4, -0.2) is 10.8 Å². The molecule has 2 nitrogen and oxygen atoms in total. The standard InChI is InChI=1S/C12H11NO/c14-12(9-10-5-1-2-6-10)11-7-3-4-8-13-11/h1-8,10H,9H2. The van der Waals surface area contributed by atoms with Crippen LogP contribution < -0.4 is 0 Å². The molecule has 0 saturated heterocycles. The Labute approximate surface area is 83.0 Å². The van der Waals surface area contributed by atoms with Gasteiger partial charge in [-0.2, -0.15) is 0 Å². The molecule has 1 aliphatic carbocycles. The van der Waals surface area contributed by atoms with Gasteiger partial charge in [-0.15, -0.1) is 0 Å². The van der Waals surface area contributed by atoms with E-state index in [1.165, 1.54) is 0 Å². The van der Waals surface area contributed by atoms with Gasteiger partial charge in [-0.05, 0) is 12.1 Å². The van der Waals surface area contributed by atoms with Crippen LogP contribution in [0.2, 0.25) is 0 Å². The lowest BCUT2D eigenvalue weighted by Gasteiger charge is -2.02. The predicted molar refractivity (Wildman–Crippen MR) is 55.0 cm³/mol. The normalized spacial score (nSPS) is 14.9. The molecule has 1 aromatic heterocycles. The molecule has 0 fully saturated rings. The number of aromatic nitrogens is 1. The average Bonchev–Trinajstić information content (AvgIpc) is 2.72. The summed E-state index contributed by atoms with van der Waals surface area (Å²) in [5, 5.41) is 0. The Morgan fingerprint density at radius 2 is 2.07 bits per heavy atom. The number of carbonyl (C=O) groups is 1. The highest BCUT2D eigenvalue weighted by atomic mass is 16.1. The summed E-state index contributed by atoms with van der Waals surface area (Å²) in [5.74, 6) is 0.358. The SMILES string of the molecule is O=C(CC1C=CC=C1)c1ccccn1. The van der Waals surface area contributed by atoms with E-state index < -0.39 is 0 Å². The molecule has 0 aliphatic heterocycles. The van der Waals surface area contributed by atoms with Crippen molar-refractivity contribution in [1.29, 1.82) is 0 Å². The van der Waals surface area contributed by atoms with Gasteiger partial charge in [0.05, 0.1) is 0 Å². The van der Waals surface area contributed by atoms with Crippen LogP contribution in [0, 0.1) is 5.92 Å². The largest absolute Gasteiger partial charge is 0.292 e. The zero-order chi connectivity index (χ0) is 9.80. The minimum Gasteiger partial charge on any atom is -0.292 e. The van der Waals surface area contributed by atoms with Crippen LogP contribution in [0.5, 0.6) is 0 Å². The number of rotatable bonds is 3. The Kier molecular flexibility index (Phi) is 2.54. The predicted octanol–water partition coefficient (Wildman–Crippen LogP) is 2.40. The number of hydrogen-bond donors (Lipinski definition) is 0. The van der Waals surface area contributed by atoms with Crippen molar-refractivity contribution < 1.29 is 4.79 Å². The number of carbonyl (C=O) groups excluding carboxylic acids is 1. The fraction of sp³-hybridized carbons (Fsp3) is 0.167. The molecule has 0 atom stereocenters. The molecule has 1 aliphatic rings. The summed E-state index contributed by atoms with van der Waals surface area (Å²) in [5.41, 5.74) is 0.557. The first-order valence-electron chi connectivity index (χ1n) is 4.65. The van der Waals surface area contributed by atoms with E-state index in [1.807, 2.05) is 36.4 Å². The van der Waals surface area contributed by atoms with Crippen molar-refractivity contribution in [3.8, 4) is 0 Å². The number of pyridine rings is 1. The van der Waals surface area contributed by atoms with E-state index in [0.717, 1.165) is 0 Å². The fourth-order valence-corrected chi connectivity index (χ4v) is 1.46. The Morgan fingerprint density at radius 1 is 1.29 bits per heavy atom.